The van der Waals surface area contributed by atoms with Gasteiger partial charge < -0.3 is 14.3 Å². The molecule has 6 heteroatoms. The quantitative estimate of drug-likeness (QED) is 0.246. The molecule has 0 bridgehead atoms. The van der Waals surface area contributed by atoms with E-state index in [-0.39, 0.29) is 13.0 Å². The lowest BCUT2D eigenvalue weighted by atomic mass is 9.93. The van der Waals surface area contributed by atoms with Crippen LogP contribution in [0.15, 0.2) is 91.0 Å². The summed E-state index contributed by atoms with van der Waals surface area (Å²) in [6.07, 6.45) is 0.495. The minimum absolute atomic E-state index is 0.0583. The number of benzene rings is 3. The largest absolute Gasteiger partial charge is 0.460 e. The van der Waals surface area contributed by atoms with E-state index in [1.54, 1.807) is 20.8 Å². The molecule has 0 radical (unpaired) electrons. The van der Waals surface area contributed by atoms with Crippen molar-refractivity contribution in [1.29, 1.82) is 0 Å². The van der Waals surface area contributed by atoms with E-state index in [9.17, 15) is 14.4 Å². The lowest BCUT2D eigenvalue weighted by Gasteiger charge is -2.35. The highest BCUT2D eigenvalue weighted by atomic mass is 16.6. The average Bonchev–Trinajstić information content (AvgIpc) is 2.88. The van der Waals surface area contributed by atoms with Crippen LogP contribution >= 0.6 is 0 Å². The summed E-state index contributed by atoms with van der Waals surface area (Å²) < 4.78 is 11.4. The third-order valence-electron chi connectivity index (χ3n) is 5.76. The standard InChI is InChI=1S/C31H35NO5/c1-31(2,3)37-29(34)27(19-20-33)28(30(35)36-23-26-17-11-6-12-18-26)32(21-24-13-7-4-8-14-24)22-25-15-9-5-10-16-25/h4-18,20,27-28H,19,21-23H2,1-3H3/t27-,28-/m0/s1. The molecule has 0 aliphatic heterocycles. The molecular formula is C31H35NO5. The first-order valence-corrected chi connectivity index (χ1v) is 12.5. The number of hydrogen-bond donors (Lipinski definition) is 0. The summed E-state index contributed by atoms with van der Waals surface area (Å²) in [5, 5.41) is 0. The number of aldehydes is 1. The van der Waals surface area contributed by atoms with Gasteiger partial charge in [0, 0.05) is 19.5 Å². The molecule has 0 saturated carbocycles. The smallest absolute Gasteiger partial charge is 0.324 e. The van der Waals surface area contributed by atoms with Crippen LogP contribution in [0.5, 0.6) is 0 Å². The molecule has 0 amide bonds. The van der Waals surface area contributed by atoms with E-state index < -0.39 is 29.5 Å². The molecular weight excluding hydrogens is 466 g/mol. The van der Waals surface area contributed by atoms with Crippen molar-refractivity contribution in [1.82, 2.24) is 4.90 Å². The summed E-state index contributed by atoms with van der Waals surface area (Å²) in [6.45, 7) is 6.09. The predicted octanol–water partition coefficient (Wildman–Crippen LogP) is 5.35. The molecule has 37 heavy (non-hydrogen) atoms. The maximum atomic E-state index is 13.7. The van der Waals surface area contributed by atoms with Gasteiger partial charge in [0.05, 0.1) is 5.92 Å². The van der Waals surface area contributed by atoms with Crippen molar-refractivity contribution in [2.24, 2.45) is 5.92 Å². The van der Waals surface area contributed by atoms with E-state index in [0.29, 0.717) is 19.4 Å². The van der Waals surface area contributed by atoms with E-state index in [2.05, 4.69) is 0 Å². The van der Waals surface area contributed by atoms with E-state index in [0.717, 1.165) is 16.7 Å². The molecule has 0 heterocycles. The van der Waals surface area contributed by atoms with E-state index in [1.165, 1.54) is 0 Å². The van der Waals surface area contributed by atoms with Crippen LogP contribution in [0.25, 0.3) is 0 Å². The van der Waals surface area contributed by atoms with Crippen LogP contribution in [0, 0.1) is 5.92 Å². The molecule has 0 saturated heterocycles. The average molecular weight is 502 g/mol. The van der Waals surface area contributed by atoms with Gasteiger partial charge in [0.25, 0.3) is 0 Å². The molecule has 2 atom stereocenters. The van der Waals surface area contributed by atoms with Crippen molar-refractivity contribution in [3.05, 3.63) is 108 Å². The molecule has 0 fully saturated rings. The molecule has 194 valence electrons. The van der Waals surface area contributed by atoms with Crippen LogP contribution in [-0.4, -0.2) is 34.8 Å². The Hall–Kier alpha value is -3.77. The summed E-state index contributed by atoms with van der Waals surface area (Å²) in [5.41, 5.74) is 1.98. The van der Waals surface area contributed by atoms with E-state index >= 15 is 0 Å². The van der Waals surface area contributed by atoms with Gasteiger partial charge in [-0.15, -0.1) is 0 Å². The van der Waals surface area contributed by atoms with Gasteiger partial charge in [-0.1, -0.05) is 91.0 Å². The minimum atomic E-state index is -1.04. The van der Waals surface area contributed by atoms with Crippen LogP contribution in [0.1, 0.15) is 43.9 Å². The Bertz CT molecular complexity index is 1090. The third-order valence-corrected chi connectivity index (χ3v) is 5.76. The SMILES string of the molecule is CC(C)(C)OC(=O)[C@@H](CC=O)[C@@H](C(=O)OCc1ccccc1)N(Cc1ccccc1)Cc1ccccc1. The monoisotopic (exact) mass is 501 g/mol. The van der Waals surface area contributed by atoms with Crippen molar-refractivity contribution in [2.45, 2.75) is 58.5 Å². The molecule has 0 aromatic heterocycles. The Morgan fingerprint density at radius 2 is 1.22 bits per heavy atom. The fourth-order valence-electron chi connectivity index (χ4n) is 4.11. The molecule has 0 aliphatic carbocycles. The third kappa shape index (κ3) is 8.99. The Kier molecular flexibility index (Phi) is 10.2. The van der Waals surface area contributed by atoms with Gasteiger partial charge >= 0.3 is 11.9 Å². The molecule has 0 N–H and O–H groups in total. The predicted molar refractivity (Wildman–Crippen MR) is 142 cm³/mol. The number of esters is 2. The summed E-state index contributed by atoms with van der Waals surface area (Å²) in [7, 11) is 0. The number of rotatable bonds is 12. The van der Waals surface area contributed by atoms with Gasteiger partial charge in [0.15, 0.2) is 0 Å². The van der Waals surface area contributed by atoms with Crippen molar-refractivity contribution in [3.8, 4) is 0 Å². The zero-order chi connectivity index (χ0) is 26.7. The fraction of sp³-hybridized carbons (Fsp3) is 0.323. The van der Waals surface area contributed by atoms with Gasteiger partial charge in [-0.05, 0) is 37.5 Å². The van der Waals surface area contributed by atoms with Gasteiger partial charge in [-0.2, -0.15) is 0 Å². The summed E-state index contributed by atoms with van der Waals surface area (Å²) in [4.78, 5) is 40.8. The highest BCUT2D eigenvalue weighted by molar-refractivity contribution is 5.86. The topological polar surface area (TPSA) is 72.9 Å². The minimum Gasteiger partial charge on any atom is -0.460 e. The summed E-state index contributed by atoms with van der Waals surface area (Å²) in [6, 6.07) is 27.7. The van der Waals surface area contributed by atoms with E-state index in [1.807, 2.05) is 95.9 Å². The molecule has 3 rings (SSSR count). The van der Waals surface area contributed by atoms with Crippen LogP contribution in [-0.2, 0) is 43.6 Å². The Morgan fingerprint density at radius 3 is 1.65 bits per heavy atom. The van der Waals surface area contributed by atoms with Crippen LogP contribution < -0.4 is 0 Å². The van der Waals surface area contributed by atoms with Crippen molar-refractivity contribution in [2.75, 3.05) is 0 Å². The normalized spacial score (nSPS) is 13.0. The Balaban J connectivity index is 2.00. The first kappa shape index (κ1) is 27.8. The van der Waals surface area contributed by atoms with Crippen molar-refractivity contribution >= 4 is 18.2 Å². The highest BCUT2D eigenvalue weighted by Gasteiger charge is 2.41. The maximum Gasteiger partial charge on any atom is 0.324 e. The maximum absolute atomic E-state index is 13.7. The number of carbonyl (C=O) groups excluding carboxylic acids is 3. The van der Waals surface area contributed by atoms with Crippen LogP contribution in [0.3, 0.4) is 0 Å². The number of hydrogen-bond acceptors (Lipinski definition) is 6. The molecule has 0 spiro atoms. The van der Waals surface area contributed by atoms with Crippen molar-refractivity contribution < 1.29 is 23.9 Å². The highest BCUT2D eigenvalue weighted by Crippen LogP contribution is 2.25. The molecule has 3 aromatic carbocycles. The second kappa shape index (κ2) is 13.5. The molecule has 6 nitrogen and oxygen atoms in total. The zero-order valence-electron chi connectivity index (χ0n) is 21.7. The number of nitrogens with zero attached hydrogens (tertiary/aromatic N) is 1. The number of ether oxygens (including phenoxy) is 2. The molecule has 3 aromatic rings. The lowest BCUT2D eigenvalue weighted by molar-refractivity contribution is -0.171. The van der Waals surface area contributed by atoms with E-state index in [4.69, 9.17) is 9.47 Å². The lowest BCUT2D eigenvalue weighted by Crippen LogP contribution is -2.50. The second-order valence-electron chi connectivity index (χ2n) is 9.96. The van der Waals surface area contributed by atoms with Crippen molar-refractivity contribution in [3.63, 3.8) is 0 Å². The van der Waals surface area contributed by atoms with Crippen LogP contribution in [0.4, 0.5) is 0 Å². The molecule has 0 unspecified atom stereocenters. The second-order valence-corrected chi connectivity index (χ2v) is 9.96. The van der Waals surface area contributed by atoms with Gasteiger partial charge in [-0.3, -0.25) is 14.5 Å². The number of carbonyl (C=O) groups is 3. The van der Waals surface area contributed by atoms with Crippen LogP contribution in [0.2, 0.25) is 0 Å². The van der Waals surface area contributed by atoms with Gasteiger partial charge in [0.2, 0.25) is 0 Å². The first-order chi connectivity index (χ1) is 17.8. The summed E-state index contributed by atoms with van der Waals surface area (Å²) in [5.74, 6) is -2.21. The van der Waals surface area contributed by atoms with Gasteiger partial charge in [-0.25, -0.2) is 0 Å². The fourth-order valence-corrected chi connectivity index (χ4v) is 4.11. The first-order valence-electron chi connectivity index (χ1n) is 12.5. The zero-order valence-corrected chi connectivity index (χ0v) is 21.7. The Labute approximate surface area is 219 Å². The van der Waals surface area contributed by atoms with Gasteiger partial charge in [0.1, 0.15) is 24.5 Å². The summed E-state index contributed by atoms with van der Waals surface area (Å²) >= 11 is 0. The Morgan fingerprint density at radius 1 is 0.757 bits per heavy atom. The molecule has 0 aliphatic rings.